The molecule has 176 valence electrons. The van der Waals surface area contributed by atoms with Crippen LogP contribution in [0, 0.1) is 5.92 Å². The van der Waals surface area contributed by atoms with Crippen molar-refractivity contribution < 1.29 is 8.42 Å². The smallest absolute Gasteiger partial charge is 0.211 e. The van der Waals surface area contributed by atoms with Crippen molar-refractivity contribution in [1.29, 1.82) is 0 Å². The van der Waals surface area contributed by atoms with Gasteiger partial charge in [-0.2, -0.15) is 4.31 Å². The van der Waals surface area contributed by atoms with Gasteiger partial charge in [-0.1, -0.05) is 56.3 Å². The van der Waals surface area contributed by atoms with Crippen molar-refractivity contribution >= 4 is 31.7 Å². The number of hydrogen-bond acceptors (Lipinski definition) is 4. The first-order chi connectivity index (χ1) is 15.3. The number of sulfonamides is 1. The summed E-state index contributed by atoms with van der Waals surface area (Å²) in [5.41, 5.74) is 3.87. The van der Waals surface area contributed by atoms with Crippen LogP contribution in [0.3, 0.4) is 0 Å². The van der Waals surface area contributed by atoms with E-state index >= 15 is 0 Å². The van der Waals surface area contributed by atoms with Gasteiger partial charge < -0.3 is 4.90 Å². The summed E-state index contributed by atoms with van der Waals surface area (Å²) in [5.74, 6) is 1.65. The molecule has 0 aliphatic carbocycles. The van der Waals surface area contributed by atoms with E-state index in [2.05, 4.69) is 89.9 Å². The van der Waals surface area contributed by atoms with Gasteiger partial charge in [-0.25, -0.2) is 8.42 Å². The van der Waals surface area contributed by atoms with E-state index in [-0.39, 0.29) is 10.7 Å². The zero-order valence-corrected chi connectivity index (χ0v) is 21.4. The quantitative estimate of drug-likeness (QED) is 0.503. The molecule has 2 aromatic carbocycles. The molecule has 5 nitrogen and oxygen atoms in total. The zero-order valence-electron chi connectivity index (χ0n) is 19.8. The molecular weight excluding hydrogens is 438 g/mol. The van der Waals surface area contributed by atoms with Gasteiger partial charge in [0.1, 0.15) is 0 Å². The molecule has 32 heavy (non-hydrogen) atoms. The molecule has 1 aliphatic rings. The van der Waals surface area contributed by atoms with Crippen LogP contribution in [0.25, 0.3) is 0 Å². The lowest BCUT2D eigenvalue weighted by molar-refractivity contribution is 0.388. The largest absolute Gasteiger partial charge is 0.369 e. The van der Waals surface area contributed by atoms with Crippen LogP contribution >= 0.6 is 10.7 Å². The second kappa shape index (κ2) is 11.5. The first-order valence-corrected chi connectivity index (χ1v) is 14.6. The fourth-order valence-electron chi connectivity index (χ4n) is 4.01. The molecule has 0 radical (unpaired) electrons. The number of hydrogen-bond donors (Lipinski definition) is 0. The highest BCUT2D eigenvalue weighted by Gasteiger charge is 2.23. The third kappa shape index (κ3) is 7.17. The van der Waals surface area contributed by atoms with Crippen LogP contribution in [0.1, 0.15) is 31.9 Å². The van der Waals surface area contributed by atoms with Gasteiger partial charge >= 0.3 is 0 Å². The summed E-state index contributed by atoms with van der Waals surface area (Å²) < 4.78 is 27.7. The van der Waals surface area contributed by atoms with E-state index in [0.717, 1.165) is 31.9 Å². The first-order valence-electron chi connectivity index (χ1n) is 11.3. The van der Waals surface area contributed by atoms with E-state index in [9.17, 15) is 8.42 Å². The summed E-state index contributed by atoms with van der Waals surface area (Å²) in [6.45, 7) is 11.3. The zero-order chi connectivity index (χ0) is 23.1. The monoisotopic (exact) mass is 475 g/mol. The topological polar surface area (TPSA) is 43.9 Å². The number of piperazine rings is 1. The normalized spacial score (nSPS) is 16.8. The molecular formula is C25H37N3O2S2. The lowest BCUT2D eigenvalue weighted by Gasteiger charge is -2.35. The number of nitrogens with zero attached hydrogens (tertiary/aromatic N) is 3. The van der Waals surface area contributed by atoms with Crippen molar-refractivity contribution in [1.82, 2.24) is 8.61 Å². The fourth-order valence-corrected chi connectivity index (χ4v) is 6.83. The molecule has 0 spiro atoms. The van der Waals surface area contributed by atoms with Crippen molar-refractivity contribution in [2.24, 2.45) is 5.92 Å². The Labute approximate surface area is 197 Å². The van der Waals surface area contributed by atoms with E-state index in [4.69, 9.17) is 0 Å². The van der Waals surface area contributed by atoms with Crippen LogP contribution in [-0.2, 0) is 22.3 Å². The summed E-state index contributed by atoms with van der Waals surface area (Å²) in [4.78, 5) is 2.27. The van der Waals surface area contributed by atoms with E-state index in [1.807, 2.05) is 0 Å². The Kier molecular flexibility index (Phi) is 8.94. The van der Waals surface area contributed by atoms with Gasteiger partial charge in [0.15, 0.2) is 0 Å². The molecule has 1 saturated heterocycles. The molecule has 0 saturated carbocycles. The van der Waals surface area contributed by atoms with Crippen molar-refractivity contribution in [3.63, 3.8) is 0 Å². The van der Waals surface area contributed by atoms with Gasteiger partial charge in [-0.3, -0.25) is 4.31 Å². The van der Waals surface area contributed by atoms with Crippen molar-refractivity contribution in [2.45, 2.75) is 33.1 Å². The molecule has 1 heterocycles. The van der Waals surface area contributed by atoms with Crippen molar-refractivity contribution in [3.05, 3.63) is 65.7 Å². The Hall–Kier alpha value is -1.67. The second-order valence-corrected chi connectivity index (χ2v) is 12.9. The van der Waals surface area contributed by atoms with Crippen LogP contribution in [0.15, 0.2) is 54.6 Å². The van der Waals surface area contributed by atoms with E-state index in [1.54, 1.807) is 4.31 Å². The molecule has 1 atom stereocenters. The molecule has 1 aliphatic heterocycles. The van der Waals surface area contributed by atoms with Crippen LogP contribution < -0.4 is 4.90 Å². The van der Waals surface area contributed by atoms with Crippen molar-refractivity contribution in [2.75, 3.05) is 43.9 Å². The maximum Gasteiger partial charge on any atom is 0.211 e. The first kappa shape index (κ1) is 25.0. The molecule has 3 rings (SSSR count). The Balaban J connectivity index is 1.67. The predicted octanol–water partition coefficient (Wildman–Crippen LogP) is 4.43. The van der Waals surface area contributed by atoms with Gasteiger partial charge in [-0.05, 0) is 41.5 Å². The van der Waals surface area contributed by atoms with Gasteiger partial charge in [0.25, 0.3) is 0 Å². The Morgan fingerprint density at radius 2 is 1.59 bits per heavy atom. The van der Waals surface area contributed by atoms with E-state index in [0.29, 0.717) is 19.0 Å². The van der Waals surface area contributed by atoms with Gasteiger partial charge in [-0.15, -0.1) is 10.7 Å². The molecule has 7 heteroatoms. The minimum Gasteiger partial charge on any atom is -0.369 e. The number of rotatable bonds is 9. The fraction of sp³-hybridized carbons (Fsp3) is 0.480. The summed E-state index contributed by atoms with van der Waals surface area (Å²) in [6.07, 6.45) is 1.29. The van der Waals surface area contributed by atoms with E-state index in [1.165, 1.54) is 23.1 Å². The Morgan fingerprint density at radius 3 is 2.12 bits per heavy atom. The minimum absolute atomic E-state index is 0.0720. The predicted molar refractivity (Wildman–Crippen MR) is 140 cm³/mol. The summed E-state index contributed by atoms with van der Waals surface area (Å²) >= 11 is 0. The summed E-state index contributed by atoms with van der Waals surface area (Å²) in [6, 6.07) is 19.6. The summed E-state index contributed by atoms with van der Waals surface area (Å²) in [7, 11) is -3.02. The molecule has 0 aromatic heterocycles. The molecule has 0 N–H and O–H groups in total. The number of benzene rings is 2. The lowest BCUT2D eigenvalue weighted by Crippen LogP contribution is -2.48. The maximum absolute atomic E-state index is 11.7. The van der Waals surface area contributed by atoms with E-state index < -0.39 is 10.0 Å². The van der Waals surface area contributed by atoms with Crippen LogP contribution in [0.4, 0.5) is 5.69 Å². The van der Waals surface area contributed by atoms with Gasteiger partial charge in [0.2, 0.25) is 10.0 Å². The average Bonchev–Trinajstić information content (AvgIpc) is 2.77. The average molecular weight is 476 g/mol. The SMILES string of the molecule is CC=S(Cc1ccccc1)N(Cc1ccc(N2CCN(S(C)(=O)=O)CC2)cc1)CC(C)C. The Morgan fingerprint density at radius 1 is 0.969 bits per heavy atom. The third-order valence-corrected chi connectivity index (χ3v) is 9.12. The van der Waals surface area contributed by atoms with Gasteiger partial charge in [0.05, 0.1) is 6.26 Å². The maximum atomic E-state index is 11.7. The minimum atomic E-state index is -3.10. The molecule has 0 amide bonds. The standard InChI is InChI=1S/C25H37N3O2S2/c1-5-31(21-24-9-7-6-8-10-24)27(19-22(2)3)20-23-11-13-25(14-12-23)26-15-17-28(18-16-26)32(4,29)30/h5-14,22H,15-21H2,1-4H3. The van der Waals surface area contributed by atoms with Crippen LogP contribution in [0.2, 0.25) is 0 Å². The lowest BCUT2D eigenvalue weighted by atomic mass is 10.1. The molecule has 1 fully saturated rings. The summed E-state index contributed by atoms with van der Waals surface area (Å²) in [5, 5.41) is 2.35. The number of anilines is 1. The molecule has 2 aromatic rings. The van der Waals surface area contributed by atoms with Crippen LogP contribution in [0.5, 0.6) is 0 Å². The highest BCUT2D eigenvalue weighted by molar-refractivity contribution is 8.12. The molecule has 0 bridgehead atoms. The van der Waals surface area contributed by atoms with Gasteiger partial charge in [0, 0.05) is 50.7 Å². The highest BCUT2D eigenvalue weighted by Crippen LogP contribution is 2.29. The Bertz CT molecular complexity index is 982. The van der Waals surface area contributed by atoms with Crippen LogP contribution in [-0.4, -0.2) is 61.4 Å². The molecule has 1 unspecified atom stereocenters. The second-order valence-electron chi connectivity index (χ2n) is 8.80. The third-order valence-electron chi connectivity index (χ3n) is 5.70. The van der Waals surface area contributed by atoms with Crippen molar-refractivity contribution in [3.8, 4) is 0 Å². The highest BCUT2D eigenvalue weighted by atomic mass is 32.2.